The molecule has 20 heavy (non-hydrogen) atoms. The molecular weight excluding hydrogens is 410 g/mol. The molecule has 0 aliphatic rings. The van der Waals surface area contributed by atoms with Gasteiger partial charge < -0.3 is 5.11 Å². The third kappa shape index (κ3) is 4.27. The topological polar surface area (TPSA) is 57.6 Å². The fraction of sp³-hybridized carbons (Fsp3) is 0.538. The highest BCUT2D eigenvalue weighted by Gasteiger charge is 2.26. The Morgan fingerprint density at radius 2 is 1.85 bits per heavy atom. The molecule has 0 saturated carbocycles. The molecule has 0 amide bonds. The smallest absolute Gasteiger partial charge is 0.244 e. The summed E-state index contributed by atoms with van der Waals surface area (Å²) >= 11 is 6.68. The molecule has 0 fully saturated rings. The lowest BCUT2D eigenvalue weighted by molar-refractivity contribution is 0.252. The number of aryl methyl sites for hydroxylation is 1. The van der Waals surface area contributed by atoms with Crippen LogP contribution in [0.25, 0.3) is 0 Å². The maximum atomic E-state index is 12.7. The second-order valence-corrected chi connectivity index (χ2v) is 8.13. The molecule has 0 aliphatic carbocycles. The zero-order valence-corrected chi connectivity index (χ0v) is 15.6. The van der Waals surface area contributed by atoms with E-state index in [9.17, 15) is 8.42 Å². The summed E-state index contributed by atoms with van der Waals surface area (Å²) in [4.78, 5) is 0.222. The number of aliphatic hydroxyl groups excluding tert-OH is 1. The Kier molecular flexibility index (Phi) is 7.14. The van der Waals surface area contributed by atoms with Gasteiger partial charge in [-0.3, -0.25) is 0 Å². The predicted octanol–water partition coefficient (Wildman–Crippen LogP) is 3.30. The lowest BCUT2D eigenvalue weighted by Crippen LogP contribution is -2.34. The first-order valence-electron chi connectivity index (χ1n) is 6.41. The molecule has 0 spiro atoms. The van der Waals surface area contributed by atoms with Gasteiger partial charge in [0, 0.05) is 22.0 Å². The number of benzene rings is 1. The molecule has 114 valence electrons. The molecule has 0 saturated heterocycles. The normalized spacial score (nSPS) is 12.1. The minimum atomic E-state index is -3.61. The van der Waals surface area contributed by atoms with Gasteiger partial charge in [-0.15, -0.1) is 0 Å². The molecule has 1 aromatic carbocycles. The largest absolute Gasteiger partial charge is 0.395 e. The summed E-state index contributed by atoms with van der Waals surface area (Å²) in [6, 6.07) is 3.37. The highest BCUT2D eigenvalue weighted by molar-refractivity contribution is 9.11. The molecule has 1 N–H and O–H groups in total. The number of hydrogen-bond acceptors (Lipinski definition) is 3. The van der Waals surface area contributed by atoms with E-state index in [2.05, 4.69) is 31.9 Å². The quantitative estimate of drug-likeness (QED) is 0.724. The summed E-state index contributed by atoms with van der Waals surface area (Å²) in [5.41, 5.74) is 0.957. The van der Waals surface area contributed by atoms with Crippen molar-refractivity contribution >= 4 is 41.9 Å². The average molecular weight is 429 g/mol. The van der Waals surface area contributed by atoms with Gasteiger partial charge in [0.25, 0.3) is 0 Å². The third-order valence-corrected chi connectivity index (χ3v) is 6.65. The summed E-state index contributed by atoms with van der Waals surface area (Å²) in [7, 11) is -3.61. The van der Waals surface area contributed by atoms with Gasteiger partial charge in [0.05, 0.1) is 11.5 Å². The molecular formula is C13H19Br2NO3S. The van der Waals surface area contributed by atoms with Crippen molar-refractivity contribution < 1.29 is 13.5 Å². The Balaban J connectivity index is 3.22. The first kappa shape index (κ1) is 18.1. The number of hydrogen-bond donors (Lipinski definition) is 1. The molecule has 1 aromatic rings. The van der Waals surface area contributed by atoms with E-state index in [0.29, 0.717) is 11.0 Å². The molecule has 0 bridgehead atoms. The van der Waals surface area contributed by atoms with E-state index in [4.69, 9.17) is 5.11 Å². The Labute approximate surface area is 137 Å². The maximum Gasteiger partial charge on any atom is 0.244 e. The second-order valence-electron chi connectivity index (χ2n) is 4.51. The molecule has 7 heteroatoms. The summed E-state index contributed by atoms with van der Waals surface area (Å²) in [6.45, 7) is 4.24. The Morgan fingerprint density at radius 1 is 1.20 bits per heavy atom. The number of nitrogens with zero attached hydrogens (tertiary/aromatic N) is 1. The van der Waals surface area contributed by atoms with Gasteiger partial charge in [0.2, 0.25) is 10.0 Å². The van der Waals surface area contributed by atoms with Gasteiger partial charge in [-0.2, -0.15) is 4.31 Å². The van der Waals surface area contributed by atoms with Crippen molar-refractivity contribution in [1.82, 2.24) is 4.31 Å². The van der Waals surface area contributed by atoms with E-state index >= 15 is 0 Å². The molecule has 0 unspecified atom stereocenters. The van der Waals surface area contributed by atoms with Gasteiger partial charge in [-0.25, -0.2) is 8.42 Å². The molecule has 0 aromatic heterocycles. The second kappa shape index (κ2) is 7.89. The van der Waals surface area contributed by atoms with E-state index in [0.717, 1.165) is 22.9 Å². The summed E-state index contributed by atoms with van der Waals surface area (Å²) < 4.78 is 28.0. The lowest BCUT2D eigenvalue weighted by Gasteiger charge is -2.22. The van der Waals surface area contributed by atoms with Crippen LogP contribution in [0.1, 0.15) is 25.3 Å². The molecule has 0 aliphatic heterocycles. The van der Waals surface area contributed by atoms with Crippen LogP contribution in [0.5, 0.6) is 0 Å². The Morgan fingerprint density at radius 3 is 2.40 bits per heavy atom. The van der Waals surface area contributed by atoms with Crippen LogP contribution >= 0.6 is 31.9 Å². The fourth-order valence-electron chi connectivity index (χ4n) is 1.76. The van der Waals surface area contributed by atoms with Crippen LogP contribution < -0.4 is 0 Å². The van der Waals surface area contributed by atoms with Crippen LogP contribution in [0.2, 0.25) is 0 Å². The van der Waals surface area contributed by atoms with Crippen molar-refractivity contribution in [2.75, 3.05) is 19.7 Å². The summed E-state index contributed by atoms with van der Waals surface area (Å²) in [5, 5.41) is 9.09. The SMILES string of the molecule is CCCCN(CCO)S(=O)(=O)c1cc(Br)c(C)cc1Br. The van der Waals surface area contributed by atoms with Gasteiger partial charge in [-0.1, -0.05) is 29.3 Å². The predicted molar refractivity (Wildman–Crippen MR) is 87.3 cm³/mol. The molecule has 4 nitrogen and oxygen atoms in total. The minimum Gasteiger partial charge on any atom is -0.395 e. The number of sulfonamides is 1. The van der Waals surface area contributed by atoms with E-state index in [1.165, 1.54) is 4.31 Å². The van der Waals surface area contributed by atoms with Crippen molar-refractivity contribution in [2.45, 2.75) is 31.6 Å². The number of halogens is 2. The highest BCUT2D eigenvalue weighted by atomic mass is 79.9. The highest BCUT2D eigenvalue weighted by Crippen LogP contribution is 2.30. The zero-order chi connectivity index (χ0) is 15.3. The molecule has 0 heterocycles. The first-order valence-corrected chi connectivity index (χ1v) is 9.43. The average Bonchev–Trinajstić information content (AvgIpc) is 2.38. The third-order valence-electron chi connectivity index (χ3n) is 2.94. The van der Waals surface area contributed by atoms with Crippen LogP contribution in [-0.2, 0) is 10.0 Å². The zero-order valence-electron chi connectivity index (χ0n) is 11.6. The van der Waals surface area contributed by atoms with E-state index in [1.807, 2.05) is 13.8 Å². The summed E-state index contributed by atoms with van der Waals surface area (Å²) in [6.07, 6.45) is 1.67. The van der Waals surface area contributed by atoms with Crippen molar-refractivity contribution in [2.24, 2.45) is 0 Å². The molecule has 0 atom stereocenters. The molecule has 0 radical (unpaired) electrons. The van der Waals surface area contributed by atoms with E-state index in [1.54, 1.807) is 12.1 Å². The van der Waals surface area contributed by atoms with Crippen LogP contribution in [0.15, 0.2) is 26.0 Å². The van der Waals surface area contributed by atoms with Gasteiger partial charge >= 0.3 is 0 Å². The van der Waals surface area contributed by atoms with Crippen LogP contribution in [0.3, 0.4) is 0 Å². The van der Waals surface area contributed by atoms with Crippen molar-refractivity contribution in [1.29, 1.82) is 0 Å². The molecule has 1 rings (SSSR count). The fourth-order valence-corrected chi connectivity index (χ4v) is 4.87. The van der Waals surface area contributed by atoms with Crippen molar-refractivity contribution in [3.63, 3.8) is 0 Å². The Hall–Kier alpha value is 0.0500. The Bertz CT molecular complexity index is 561. The van der Waals surface area contributed by atoms with Crippen molar-refractivity contribution in [3.8, 4) is 0 Å². The van der Waals surface area contributed by atoms with Gasteiger partial charge in [-0.05, 0) is 47.0 Å². The van der Waals surface area contributed by atoms with Crippen LogP contribution in [0.4, 0.5) is 0 Å². The minimum absolute atomic E-state index is 0.111. The van der Waals surface area contributed by atoms with Gasteiger partial charge in [0.15, 0.2) is 0 Å². The van der Waals surface area contributed by atoms with Crippen LogP contribution in [0, 0.1) is 6.92 Å². The van der Waals surface area contributed by atoms with E-state index < -0.39 is 10.0 Å². The van der Waals surface area contributed by atoms with E-state index in [-0.39, 0.29) is 18.0 Å². The summed E-state index contributed by atoms with van der Waals surface area (Å²) in [5.74, 6) is 0. The number of rotatable bonds is 7. The van der Waals surface area contributed by atoms with Crippen molar-refractivity contribution in [3.05, 3.63) is 26.6 Å². The standard InChI is InChI=1S/C13H19Br2NO3S/c1-3-4-5-16(6-7-17)20(18,19)13-9-11(14)10(2)8-12(13)15/h8-9,17H,3-7H2,1-2H3. The number of unbranched alkanes of at least 4 members (excludes halogenated alkanes) is 1. The number of aliphatic hydroxyl groups is 1. The first-order chi connectivity index (χ1) is 9.34. The monoisotopic (exact) mass is 427 g/mol. The maximum absolute atomic E-state index is 12.7. The van der Waals surface area contributed by atoms with Crippen LogP contribution in [-0.4, -0.2) is 37.5 Å². The van der Waals surface area contributed by atoms with Gasteiger partial charge in [0.1, 0.15) is 0 Å². The lowest BCUT2D eigenvalue weighted by atomic mass is 10.2.